The highest BCUT2D eigenvalue weighted by atomic mass is 16.3. The van der Waals surface area contributed by atoms with Gasteiger partial charge in [0.15, 0.2) is 6.21 Å². The van der Waals surface area contributed by atoms with Gasteiger partial charge in [0.05, 0.1) is 28.6 Å². The molecule has 1 N–H and O–H groups in total. The van der Waals surface area contributed by atoms with Crippen LogP contribution < -0.4 is 0 Å². The van der Waals surface area contributed by atoms with Crippen molar-refractivity contribution in [2.45, 2.75) is 0 Å². The predicted octanol–water partition coefficient (Wildman–Crippen LogP) is 5.72. The summed E-state index contributed by atoms with van der Waals surface area (Å²) in [6.45, 7) is 0. The molecule has 1 aliphatic rings. The van der Waals surface area contributed by atoms with Crippen LogP contribution in [0.2, 0.25) is 0 Å². The highest BCUT2D eigenvalue weighted by Crippen LogP contribution is 2.41. The molecular formula is C23H13N2O2+. The van der Waals surface area contributed by atoms with E-state index in [0.717, 1.165) is 49.6 Å². The highest BCUT2D eigenvalue weighted by molar-refractivity contribution is 6.25. The van der Waals surface area contributed by atoms with Crippen molar-refractivity contribution in [3.8, 4) is 5.75 Å². The Bertz CT molecular complexity index is 1480. The smallest absolute Gasteiger partial charge is 0.255 e. The van der Waals surface area contributed by atoms with Gasteiger partial charge in [-0.25, -0.2) is 4.57 Å². The highest BCUT2D eigenvalue weighted by Gasteiger charge is 2.22. The second-order valence-corrected chi connectivity index (χ2v) is 6.59. The van der Waals surface area contributed by atoms with Crippen molar-refractivity contribution < 1.29 is 9.52 Å². The molecule has 3 aromatic carbocycles. The van der Waals surface area contributed by atoms with Crippen LogP contribution >= 0.6 is 0 Å². The number of nitrogens with zero attached hydrogens (tertiary/aromatic N) is 2. The first-order valence-electron chi connectivity index (χ1n) is 8.72. The maximum atomic E-state index is 10.1. The third-order valence-electron chi connectivity index (χ3n) is 5.08. The van der Waals surface area contributed by atoms with Gasteiger partial charge in [0, 0.05) is 22.2 Å². The third kappa shape index (κ3) is 1.87. The molecule has 1 aliphatic heterocycles. The maximum Gasteiger partial charge on any atom is 0.255 e. The molecule has 0 unspecified atom stereocenters. The Kier molecular flexibility index (Phi) is 2.69. The summed E-state index contributed by atoms with van der Waals surface area (Å²) >= 11 is 0. The second-order valence-electron chi connectivity index (χ2n) is 6.59. The lowest BCUT2D eigenvalue weighted by Gasteiger charge is -2.03. The number of furan rings is 1. The van der Waals surface area contributed by atoms with E-state index in [1.54, 1.807) is 18.2 Å². The Morgan fingerprint density at radius 2 is 1.81 bits per heavy atom. The largest absolute Gasteiger partial charge is 0.508 e. The van der Waals surface area contributed by atoms with Crippen LogP contribution in [0.15, 0.2) is 82.2 Å². The number of allylic oxidation sites excluding steroid dienone is 3. The normalized spacial score (nSPS) is 13.7. The van der Waals surface area contributed by atoms with Gasteiger partial charge >= 0.3 is 0 Å². The van der Waals surface area contributed by atoms with Gasteiger partial charge in [-0.05, 0) is 35.3 Å². The number of para-hydroxylation sites is 1. The van der Waals surface area contributed by atoms with E-state index in [2.05, 4.69) is 27.9 Å². The van der Waals surface area contributed by atoms with Gasteiger partial charge in [-0.2, -0.15) is 0 Å². The molecule has 0 atom stereocenters. The van der Waals surface area contributed by atoms with E-state index in [0.29, 0.717) is 0 Å². The van der Waals surface area contributed by atoms with Crippen molar-refractivity contribution in [3.05, 3.63) is 72.8 Å². The van der Waals surface area contributed by atoms with Gasteiger partial charge in [0.1, 0.15) is 23.0 Å². The first kappa shape index (κ1) is 14.3. The number of rotatable bonds is 1. The van der Waals surface area contributed by atoms with Gasteiger partial charge in [-0.1, -0.05) is 18.2 Å². The average molecular weight is 349 g/mol. The second kappa shape index (κ2) is 5.07. The molecule has 6 rings (SSSR count). The zero-order valence-corrected chi connectivity index (χ0v) is 14.2. The summed E-state index contributed by atoms with van der Waals surface area (Å²) < 4.78 is 8.15. The Hall–Kier alpha value is -3.88. The van der Waals surface area contributed by atoms with E-state index >= 15 is 0 Å². The zero-order valence-electron chi connectivity index (χ0n) is 14.2. The van der Waals surface area contributed by atoms with Gasteiger partial charge in [0.2, 0.25) is 0 Å². The quantitative estimate of drug-likeness (QED) is 0.394. The van der Waals surface area contributed by atoms with Crippen LogP contribution in [0.3, 0.4) is 0 Å². The van der Waals surface area contributed by atoms with E-state index in [1.807, 2.05) is 42.5 Å². The monoisotopic (exact) mass is 349 g/mol. The molecule has 5 aromatic rings. The van der Waals surface area contributed by atoms with Crippen LogP contribution in [-0.2, 0) is 0 Å². The topological polar surface area (TPSA) is 50.7 Å². The summed E-state index contributed by atoms with van der Waals surface area (Å²) in [6.07, 6.45) is 8.55. The number of phenolic OH excluding ortho intramolecular Hbond substituents is 1. The van der Waals surface area contributed by atoms with Crippen molar-refractivity contribution in [3.63, 3.8) is 0 Å². The van der Waals surface area contributed by atoms with E-state index in [-0.39, 0.29) is 5.75 Å². The standard InChI is InChI=1S/C23H12N2O2/c26-14-8-9-15-16-10-11-20-22(17-5-1-2-6-19(17)27-20)23(16)25(18(15)13-14)21-7-3-4-12-24-21/h1-11,13H/p+1. The van der Waals surface area contributed by atoms with Crippen molar-refractivity contribution in [2.24, 2.45) is 4.99 Å². The fourth-order valence-corrected chi connectivity index (χ4v) is 3.98. The van der Waals surface area contributed by atoms with E-state index in [4.69, 9.17) is 4.42 Å². The van der Waals surface area contributed by atoms with E-state index in [9.17, 15) is 5.11 Å². The third-order valence-corrected chi connectivity index (χ3v) is 5.08. The molecule has 2 aromatic heterocycles. The number of hydrogen-bond donors (Lipinski definition) is 1. The number of benzene rings is 3. The summed E-state index contributed by atoms with van der Waals surface area (Å²) in [5.41, 5.74) is 3.60. The molecule has 0 amide bonds. The van der Waals surface area contributed by atoms with Crippen LogP contribution in [0.1, 0.15) is 0 Å². The number of hydrogen-bond acceptors (Lipinski definition) is 3. The summed E-state index contributed by atoms with van der Waals surface area (Å²) in [5.74, 6) is 0.973. The molecule has 0 saturated carbocycles. The molecule has 0 aliphatic carbocycles. The maximum absolute atomic E-state index is 10.1. The summed E-state index contributed by atoms with van der Waals surface area (Å²) in [7, 11) is 0. The molecule has 4 heteroatoms. The molecule has 0 radical (unpaired) electrons. The number of aromatic hydroxyl groups is 1. The van der Waals surface area contributed by atoms with Crippen molar-refractivity contribution >= 4 is 55.8 Å². The van der Waals surface area contributed by atoms with Crippen LogP contribution in [0.5, 0.6) is 5.75 Å². The Balaban J connectivity index is 1.93. The van der Waals surface area contributed by atoms with Crippen molar-refractivity contribution in [2.75, 3.05) is 0 Å². The molecule has 0 bridgehead atoms. The Morgan fingerprint density at radius 3 is 2.70 bits per heavy atom. The van der Waals surface area contributed by atoms with Gasteiger partial charge in [-0.15, -0.1) is 0 Å². The number of fused-ring (bicyclic) bond motifs is 7. The minimum Gasteiger partial charge on any atom is -0.508 e. The SMILES string of the molecule is Oc1ccc2c3ccc4oc5ccccc5c4c3n(C3=CC=C[C+]=N3)c2c1. The van der Waals surface area contributed by atoms with Crippen LogP contribution in [-0.4, -0.2) is 15.9 Å². The van der Waals surface area contributed by atoms with Crippen LogP contribution in [0.25, 0.3) is 49.6 Å². The van der Waals surface area contributed by atoms with Gasteiger partial charge in [0.25, 0.3) is 5.82 Å². The molecule has 4 nitrogen and oxygen atoms in total. The first-order valence-corrected chi connectivity index (χ1v) is 8.72. The molecule has 3 heterocycles. The summed E-state index contributed by atoms with van der Waals surface area (Å²) in [5, 5.41) is 14.4. The van der Waals surface area contributed by atoms with E-state index in [1.165, 1.54) is 0 Å². The molecule has 126 valence electrons. The summed E-state index contributed by atoms with van der Waals surface area (Å²) in [6, 6.07) is 17.6. The zero-order chi connectivity index (χ0) is 18.0. The molecule has 27 heavy (non-hydrogen) atoms. The average Bonchev–Trinajstić information content (AvgIpc) is 3.23. The van der Waals surface area contributed by atoms with Crippen molar-refractivity contribution in [1.82, 2.24) is 4.57 Å². The molecule has 0 fully saturated rings. The lowest BCUT2D eigenvalue weighted by molar-refractivity contribution is 0.476. The minimum absolute atomic E-state index is 0.222. The number of aliphatic imine (C=N–C) groups is 1. The predicted molar refractivity (Wildman–Crippen MR) is 109 cm³/mol. The first-order chi connectivity index (χ1) is 13.3. The molecule has 0 saturated heterocycles. The Labute approximate surface area is 154 Å². The molecule has 0 spiro atoms. The fourth-order valence-electron chi connectivity index (χ4n) is 3.98. The van der Waals surface area contributed by atoms with Crippen LogP contribution in [0, 0.1) is 0 Å². The molecular weight excluding hydrogens is 336 g/mol. The van der Waals surface area contributed by atoms with Gasteiger partial charge in [-0.3, -0.25) is 0 Å². The lowest BCUT2D eigenvalue weighted by atomic mass is 10.1. The van der Waals surface area contributed by atoms with Crippen molar-refractivity contribution in [1.29, 1.82) is 0 Å². The number of phenols is 1. The lowest BCUT2D eigenvalue weighted by Crippen LogP contribution is -1.96. The Morgan fingerprint density at radius 1 is 0.926 bits per heavy atom. The van der Waals surface area contributed by atoms with Crippen LogP contribution in [0.4, 0.5) is 0 Å². The van der Waals surface area contributed by atoms with Gasteiger partial charge < -0.3 is 9.52 Å². The fraction of sp³-hybridized carbons (Fsp3) is 0. The minimum atomic E-state index is 0.222. The van der Waals surface area contributed by atoms with E-state index < -0.39 is 0 Å². The summed E-state index contributed by atoms with van der Waals surface area (Å²) in [4.78, 5) is 4.45. The number of aromatic nitrogens is 1.